The van der Waals surface area contributed by atoms with Gasteiger partial charge in [0.1, 0.15) is 6.04 Å². The van der Waals surface area contributed by atoms with Crippen molar-refractivity contribution in [3.63, 3.8) is 0 Å². The fraction of sp³-hybridized carbons (Fsp3) is 0.429. The maximum atomic E-state index is 11.9. The van der Waals surface area contributed by atoms with E-state index in [1.54, 1.807) is 12.1 Å². The van der Waals surface area contributed by atoms with Crippen molar-refractivity contribution < 1.29 is 14.7 Å². The van der Waals surface area contributed by atoms with Gasteiger partial charge in [0.05, 0.1) is 10.7 Å². The van der Waals surface area contributed by atoms with Crippen molar-refractivity contribution in [2.24, 2.45) is 0 Å². The van der Waals surface area contributed by atoms with E-state index in [2.05, 4.69) is 10.6 Å². The van der Waals surface area contributed by atoms with Crippen molar-refractivity contribution in [1.29, 1.82) is 0 Å². The average Bonchev–Trinajstić information content (AvgIpc) is 2.38. The zero-order valence-corrected chi connectivity index (χ0v) is 12.3. The second kappa shape index (κ2) is 7.75. The van der Waals surface area contributed by atoms with Gasteiger partial charge in [-0.25, -0.2) is 9.59 Å². The Kier molecular flexibility index (Phi) is 6.31. The number of halogens is 1. The fourth-order valence-corrected chi connectivity index (χ4v) is 2.03. The highest BCUT2D eigenvalue weighted by atomic mass is 35.5. The molecule has 0 spiro atoms. The van der Waals surface area contributed by atoms with Crippen LogP contribution < -0.4 is 10.6 Å². The summed E-state index contributed by atoms with van der Waals surface area (Å²) in [5, 5.41) is 14.5. The summed E-state index contributed by atoms with van der Waals surface area (Å²) in [5.41, 5.74) is 1.30. The van der Waals surface area contributed by atoms with E-state index in [0.717, 1.165) is 18.4 Å². The largest absolute Gasteiger partial charge is 0.480 e. The molecular weight excluding hydrogens is 280 g/mol. The molecule has 0 saturated heterocycles. The van der Waals surface area contributed by atoms with Crippen LogP contribution >= 0.6 is 11.6 Å². The van der Waals surface area contributed by atoms with Crippen molar-refractivity contribution in [1.82, 2.24) is 5.32 Å². The number of hydrogen-bond donors (Lipinski definition) is 3. The Morgan fingerprint density at radius 3 is 2.65 bits per heavy atom. The Hall–Kier alpha value is -1.75. The Balaban J connectivity index is 2.68. The summed E-state index contributed by atoms with van der Waals surface area (Å²) in [7, 11) is 0. The van der Waals surface area contributed by atoms with E-state index in [-0.39, 0.29) is 0 Å². The number of amides is 2. The van der Waals surface area contributed by atoms with Crippen molar-refractivity contribution in [2.75, 3.05) is 5.32 Å². The van der Waals surface area contributed by atoms with Crippen LogP contribution in [0.1, 0.15) is 31.7 Å². The topological polar surface area (TPSA) is 78.4 Å². The third-order valence-electron chi connectivity index (χ3n) is 2.91. The van der Waals surface area contributed by atoms with Gasteiger partial charge in [-0.05, 0) is 25.0 Å². The minimum atomic E-state index is -1.04. The number of anilines is 1. The molecule has 6 heteroatoms. The number of para-hydroxylation sites is 1. The van der Waals surface area contributed by atoms with E-state index in [1.807, 2.05) is 19.9 Å². The van der Waals surface area contributed by atoms with Crippen molar-refractivity contribution in [3.05, 3.63) is 28.8 Å². The van der Waals surface area contributed by atoms with E-state index in [0.29, 0.717) is 17.1 Å². The first-order valence-electron chi connectivity index (χ1n) is 6.51. The van der Waals surface area contributed by atoms with Gasteiger partial charge in [0.25, 0.3) is 0 Å². The highest BCUT2D eigenvalue weighted by Crippen LogP contribution is 2.25. The molecule has 0 saturated carbocycles. The summed E-state index contributed by atoms with van der Waals surface area (Å²) in [5.74, 6) is -1.04. The van der Waals surface area contributed by atoms with Crippen molar-refractivity contribution >= 4 is 29.3 Å². The zero-order chi connectivity index (χ0) is 15.1. The maximum Gasteiger partial charge on any atom is 0.326 e. The Labute approximate surface area is 123 Å². The Bertz CT molecular complexity index is 471. The molecule has 0 aliphatic carbocycles. The minimum absolute atomic E-state index is 0.404. The smallest absolute Gasteiger partial charge is 0.326 e. The van der Waals surface area contributed by atoms with Crippen LogP contribution in [0.4, 0.5) is 10.5 Å². The number of carbonyl (C=O) groups excluding carboxylic acids is 1. The molecule has 1 aromatic carbocycles. The third kappa shape index (κ3) is 4.74. The van der Waals surface area contributed by atoms with Crippen LogP contribution in [0.15, 0.2) is 18.2 Å². The molecule has 1 rings (SSSR count). The predicted molar refractivity (Wildman–Crippen MR) is 79.3 cm³/mol. The molecule has 0 radical (unpaired) electrons. The maximum absolute atomic E-state index is 11.9. The number of urea groups is 1. The first-order chi connectivity index (χ1) is 9.45. The standard InChI is InChI=1S/C14H19ClN2O3/c1-3-4-8-11(13(18)19)16-14(20)17-12-9(2)6-5-7-10(12)15/h5-7,11H,3-4,8H2,1-2H3,(H,18,19)(H2,16,17,20)/t11-/m0/s1. The van der Waals surface area contributed by atoms with Gasteiger partial charge in [-0.1, -0.05) is 43.5 Å². The lowest BCUT2D eigenvalue weighted by Crippen LogP contribution is -2.43. The summed E-state index contributed by atoms with van der Waals surface area (Å²) in [6, 6.07) is 3.80. The SMILES string of the molecule is CCCC[C@H](NC(=O)Nc1c(C)cccc1Cl)C(=O)O. The molecule has 110 valence electrons. The van der Waals surface area contributed by atoms with Crippen LogP contribution in [-0.4, -0.2) is 23.1 Å². The van der Waals surface area contributed by atoms with Crippen LogP contribution in [0.5, 0.6) is 0 Å². The number of aliphatic carboxylic acids is 1. The number of nitrogens with one attached hydrogen (secondary N) is 2. The van der Waals surface area contributed by atoms with Gasteiger partial charge in [-0.3, -0.25) is 0 Å². The first-order valence-corrected chi connectivity index (χ1v) is 6.89. The Morgan fingerprint density at radius 1 is 1.40 bits per heavy atom. The van der Waals surface area contributed by atoms with Crippen LogP contribution in [0.25, 0.3) is 0 Å². The number of rotatable bonds is 6. The van der Waals surface area contributed by atoms with Gasteiger partial charge in [0.15, 0.2) is 0 Å². The average molecular weight is 299 g/mol. The van der Waals surface area contributed by atoms with Crippen molar-refractivity contribution in [2.45, 2.75) is 39.2 Å². The molecule has 0 aliphatic rings. The summed E-state index contributed by atoms with van der Waals surface area (Å²) < 4.78 is 0. The third-order valence-corrected chi connectivity index (χ3v) is 3.23. The number of carbonyl (C=O) groups is 2. The molecule has 2 amide bonds. The monoisotopic (exact) mass is 298 g/mol. The van der Waals surface area contributed by atoms with Crippen LogP contribution in [0, 0.1) is 6.92 Å². The number of aryl methyl sites for hydroxylation is 1. The number of carboxylic acids is 1. The number of unbranched alkanes of at least 4 members (excludes halogenated alkanes) is 1. The summed E-state index contributed by atoms with van der Waals surface area (Å²) in [6.45, 7) is 3.78. The summed E-state index contributed by atoms with van der Waals surface area (Å²) in [6.07, 6.45) is 2.01. The van der Waals surface area contributed by atoms with Gasteiger partial charge in [-0.2, -0.15) is 0 Å². The van der Waals surface area contributed by atoms with Crippen LogP contribution in [0.2, 0.25) is 5.02 Å². The van der Waals surface area contributed by atoms with Crippen LogP contribution in [0.3, 0.4) is 0 Å². The molecule has 1 aromatic rings. The molecule has 5 nitrogen and oxygen atoms in total. The van der Waals surface area contributed by atoms with E-state index < -0.39 is 18.0 Å². The molecule has 0 aromatic heterocycles. The quantitative estimate of drug-likeness (QED) is 0.753. The molecule has 1 atom stereocenters. The summed E-state index contributed by atoms with van der Waals surface area (Å²) in [4.78, 5) is 22.9. The Morgan fingerprint density at radius 2 is 2.10 bits per heavy atom. The van der Waals surface area contributed by atoms with Crippen LogP contribution in [-0.2, 0) is 4.79 Å². The number of hydrogen-bond acceptors (Lipinski definition) is 2. The molecule has 0 fully saturated rings. The lowest BCUT2D eigenvalue weighted by Gasteiger charge is -2.16. The summed E-state index contributed by atoms with van der Waals surface area (Å²) >= 11 is 6.00. The highest BCUT2D eigenvalue weighted by Gasteiger charge is 2.19. The van der Waals surface area contributed by atoms with Gasteiger partial charge in [-0.15, -0.1) is 0 Å². The lowest BCUT2D eigenvalue weighted by atomic mass is 10.1. The van der Waals surface area contributed by atoms with E-state index >= 15 is 0 Å². The minimum Gasteiger partial charge on any atom is -0.480 e. The van der Waals surface area contributed by atoms with Gasteiger partial charge in [0.2, 0.25) is 0 Å². The van der Waals surface area contributed by atoms with E-state index in [4.69, 9.17) is 16.7 Å². The first kappa shape index (κ1) is 16.3. The molecule has 0 unspecified atom stereocenters. The van der Waals surface area contributed by atoms with Gasteiger partial charge >= 0.3 is 12.0 Å². The second-order valence-corrected chi connectivity index (χ2v) is 4.97. The highest BCUT2D eigenvalue weighted by molar-refractivity contribution is 6.33. The fourth-order valence-electron chi connectivity index (χ4n) is 1.76. The second-order valence-electron chi connectivity index (χ2n) is 4.56. The van der Waals surface area contributed by atoms with Crippen molar-refractivity contribution in [3.8, 4) is 0 Å². The molecule has 20 heavy (non-hydrogen) atoms. The van der Waals surface area contributed by atoms with E-state index in [9.17, 15) is 9.59 Å². The lowest BCUT2D eigenvalue weighted by molar-refractivity contribution is -0.139. The molecule has 3 N–H and O–H groups in total. The normalized spacial score (nSPS) is 11.8. The van der Waals surface area contributed by atoms with Gasteiger partial charge < -0.3 is 15.7 Å². The zero-order valence-electron chi connectivity index (χ0n) is 11.6. The number of carboxylic acid groups (broad SMARTS) is 1. The molecule has 0 aliphatic heterocycles. The van der Waals surface area contributed by atoms with E-state index in [1.165, 1.54) is 0 Å². The van der Waals surface area contributed by atoms with Gasteiger partial charge in [0, 0.05) is 0 Å². The molecule has 0 heterocycles. The predicted octanol–water partition coefficient (Wildman–Crippen LogP) is 3.41. The molecular formula is C14H19ClN2O3. The number of benzene rings is 1. The molecule has 0 bridgehead atoms.